The van der Waals surface area contributed by atoms with Gasteiger partial charge in [-0.2, -0.15) is 0 Å². The fraction of sp³-hybridized carbons (Fsp3) is 0.677. The van der Waals surface area contributed by atoms with Gasteiger partial charge < -0.3 is 53.1 Å². The highest BCUT2D eigenvalue weighted by Crippen LogP contribution is 2.13. The molecule has 0 aromatic rings. The largest absolute Gasteiger partial charge is 0.480 e. The van der Waals surface area contributed by atoms with E-state index < -0.39 is 47.7 Å². The summed E-state index contributed by atoms with van der Waals surface area (Å²) in [5, 5.41) is 30.1. The normalized spacial score (nSPS) is 12.8. The zero-order chi connectivity index (χ0) is 40.1. The van der Waals surface area contributed by atoms with Crippen LogP contribution in [0.2, 0.25) is 0 Å². The number of hydroxylamine groups is 2. The molecule has 0 bridgehead atoms. The smallest absolute Gasteiger partial charge is 0.333 e. The third-order valence-corrected chi connectivity index (χ3v) is 6.91. The van der Waals surface area contributed by atoms with Crippen LogP contribution < -0.4 is 38.1 Å². The predicted octanol–water partition coefficient (Wildman–Crippen LogP) is -2.46. The molecule has 0 spiro atoms. The maximum atomic E-state index is 11.7. The molecule has 0 radical (unpaired) electrons. The second-order valence-electron chi connectivity index (χ2n) is 11.1. The van der Waals surface area contributed by atoms with Gasteiger partial charge in [0.15, 0.2) is 0 Å². The van der Waals surface area contributed by atoms with Crippen LogP contribution in [0.5, 0.6) is 0 Å². The molecule has 0 aliphatic carbocycles. The van der Waals surface area contributed by atoms with Crippen molar-refractivity contribution in [3.63, 3.8) is 0 Å². The van der Waals surface area contributed by atoms with Gasteiger partial charge >= 0.3 is 17.9 Å². The van der Waals surface area contributed by atoms with E-state index in [1.54, 1.807) is 0 Å². The molecule has 1 aliphatic heterocycles. The number of aliphatic carboxylic acids is 2. The molecule has 0 aromatic carbocycles. The number of rotatable bonds is 22. The molecule has 1 rings (SSSR count). The van der Waals surface area contributed by atoms with Crippen molar-refractivity contribution in [2.45, 2.75) is 102 Å². The van der Waals surface area contributed by atoms with Gasteiger partial charge in [-0.1, -0.05) is 6.42 Å². The molecule has 52 heavy (non-hydrogen) atoms. The van der Waals surface area contributed by atoms with E-state index in [-0.39, 0.29) is 81.4 Å². The predicted molar refractivity (Wildman–Crippen MR) is 182 cm³/mol. The molecule has 0 aromatic heterocycles. The van der Waals surface area contributed by atoms with E-state index in [4.69, 9.17) is 21.7 Å². The van der Waals surface area contributed by atoms with Crippen LogP contribution in [0.3, 0.4) is 0 Å². The number of nitrogens with one attached hydrogen (secondary N) is 5. The maximum Gasteiger partial charge on any atom is 0.333 e. The lowest BCUT2D eigenvalue weighted by Gasteiger charge is -2.14. The van der Waals surface area contributed by atoms with Gasteiger partial charge in [-0.05, 0) is 38.6 Å². The summed E-state index contributed by atoms with van der Waals surface area (Å²) in [7, 11) is 4.40. The number of hydrogen-bond donors (Lipinski definition) is 9. The first kappa shape index (κ1) is 48.9. The summed E-state index contributed by atoms with van der Waals surface area (Å²) in [4.78, 5) is 115. The van der Waals surface area contributed by atoms with Crippen LogP contribution >= 0.6 is 0 Å². The molecule has 0 saturated carbocycles. The molecule has 21 nitrogen and oxygen atoms in total. The van der Waals surface area contributed by atoms with Crippen LogP contribution in [-0.4, -0.2) is 121 Å². The van der Waals surface area contributed by atoms with E-state index in [9.17, 15) is 47.9 Å². The molecule has 21 heteroatoms. The molecule has 11 N–H and O–H groups in total. The summed E-state index contributed by atoms with van der Waals surface area (Å²) in [6.07, 6.45) is 3.45. The Bertz CT molecular complexity index is 1200. The summed E-state index contributed by atoms with van der Waals surface area (Å²) in [5.74, 6) is -5.46. The van der Waals surface area contributed by atoms with Crippen LogP contribution in [0.15, 0.2) is 0 Å². The molecule has 1 heterocycles. The number of carboxylic acids is 2. The number of carbonyl (C=O) groups is 10. The van der Waals surface area contributed by atoms with Crippen LogP contribution in [0.25, 0.3) is 0 Å². The number of carboxylic acid groups (broad SMARTS) is 2. The van der Waals surface area contributed by atoms with E-state index in [0.29, 0.717) is 37.4 Å². The van der Waals surface area contributed by atoms with Crippen molar-refractivity contribution in [2.24, 2.45) is 11.5 Å². The lowest BCUT2D eigenvalue weighted by Crippen LogP contribution is -2.41. The van der Waals surface area contributed by atoms with Crippen LogP contribution in [0.1, 0.15) is 89.9 Å². The van der Waals surface area contributed by atoms with E-state index in [2.05, 4.69) is 31.4 Å². The number of nitrogens with zero attached hydrogens (tertiary/aromatic N) is 1. The van der Waals surface area contributed by atoms with E-state index in [1.165, 1.54) is 21.1 Å². The van der Waals surface area contributed by atoms with Crippen molar-refractivity contribution < 1.29 is 63.0 Å². The van der Waals surface area contributed by atoms with Gasteiger partial charge in [-0.3, -0.25) is 38.4 Å². The summed E-state index contributed by atoms with van der Waals surface area (Å²) in [6, 6.07) is -1.75. The molecule has 296 valence electrons. The fourth-order valence-electron chi connectivity index (χ4n) is 3.80. The number of hydrogen-bond acceptors (Lipinski definition) is 13. The van der Waals surface area contributed by atoms with E-state index in [0.717, 1.165) is 12.8 Å². The standard InChI is InChI=1S/C16H28N4O6.C9H12N2O5.C6H14N2O2/c1-17-12(21)6-8-14(23)19-10-4-3-5-11(16(25)26)20-15(24)9-7-13(22)18-2;1-10-6(12)2-5-9(15)16-11-7(13)3-4-8(11)14;7-4-2-1-3-5(8)6(9)10/h11H,3-10H2,1-2H3,(H,17,21)(H,18,22)(H,19,23)(H,20,24)(H,25,26);2-5H2,1H3,(H,10,12);5H,1-4,7-8H2,(H,9,10). The first-order valence-corrected chi connectivity index (χ1v) is 16.7. The number of carbonyl (C=O) groups excluding carboxylic acids is 8. The van der Waals surface area contributed by atoms with Crippen LogP contribution in [0, 0.1) is 0 Å². The Labute approximate surface area is 301 Å². The minimum Gasteiger partial charge on any atom is -0.480 e. The van der Waals surface area contributed by atoms with Gasteiger partial charge in [0.25, 0.3) is 11.8 Å². The molecule has 1 fully saturated rings. The number of nitrogens with two attached hydrogens (primary N) is 2. The van der Waals surface area contributed by atoms with Crippen molar-refractivity contribution in [1.82, 2.24) is 31.6 Å². The Morgan fingerprint density at radius 2 is 1.13 bits per heavy atom. The molecule has 7 amide bonds. The van der Waals surface area contributed by atoms with Crippen molar-refractivity contribution in [3.05, 3.63) is 0 Å². The Morgan fingerprint density at radius 3 is 1.60 bits per heavy atom. The fourth-order valence-corrected chi connectivity index (χ4v) is 3.80. The van der Waals surface area contributed by atoms with E-state index >= 15 is 0 Å². The Hall–Kier alpha value is -5.18. The van der Waals surface area contributed by atoms with Gasteiger partial charge in [0.1, 0.15) is 12.1 Å². The number of amides is 7. The molecular weight excluding hydrogens is 692 g/mol. The Balaban J connectivity index is 0. The molecule has 1 aliphatic rings. The second kappa shape index (κ2) is 29.5. The minimum atomic E-state index is -1.15. The van der Waals surface area contributed by atoms with Gasteiger partial charge in [0.05, 0.1) is 6.42 Å². The van der Waals surface area contributed by atoms with E-state index in [1.807, 2.05) is 0 Å². The topological polar surface area (TPSA) is 336 Å². The first-order chi connectivity index (χ1) is 24.5. The summed E-state index contributed by atoms with van der Waals surface area (Å²) >= 11 is 0. The van der Waals surface area contributed by atoms with Gasteiger partial charge in [-0.25, -0.2) is 9.59 Å². The number of imide groups is 1. The summed E-state index contributed by atoms with van der Waals surface area (Å²) in [6.45, 7) is 0.968. The van der Waals surface area contributed by atoms with Crippen LogP contribution in [-0.2, 0) is 52.8 Å². The third-order valence-electron chi connectivity index (χ3n) is 6.91. The lowest BCUT2D eigenvalue weighted by atomic mass is 10.1. The maximum absolute atomic E-state index is 11.7. The van der Waals surface area contributed by atoms with Crippen molar-refractivity contribution >= 4 is 59.3 Å². The number of unbranched alkanes of at least 4 members (excludes halogenated alkanes) is 2. The summed E-state index contributed by atoms with van der Waals surface area (Å²) < 4.78 is 0. The van der Waals surface area contributed by atoms with Crippen molar-refractivity contribution in [2.75, 3.05) is 34.2 Å². The average Bonchev–Trinajstić information content (AvgIpc) is 3.43. The SMILES string of the molecule is CNC(=O)CCC(=O)NCCCCC(NC(=O)CCC(=O)NC)C(=O)O.CNC(=O)CCC(=O)ON1C(=O)CCC1=O.NCCCCC(N)C(=O)O. The Morgan fingerprint density at radius 1 is 0.673 bits per heavy atom. The monoisotopic (exact) mass is 746 g/mol. The Kier molecular flexibility index (Phi) is 27.8. The second-order valence-corrected chi connectivity index (χ2v) is 11.1. The van der Waals surface area contributed by atoms with Gasteiger partial charge in [0.2, 0.25) is 29.5 Å². The highest BCUT2D eigenvalue weighted by atomic mass is 16.7. The zero-order valence-corrected chi connectivity index (χ0v) is 30.0. The highest BCUT2D eigenvalue weighted by molar-refractivity contribution is 6.01. The first-order valence-electron chi connectivity index (χ1n) is 16.7. The zero-order valence-electron chi connectivity index (χ0n) is 30.0. The minimum absolute atomic E-state index is 0.00322. The van der Waals surface area contributed by atoms with Gasteiger partial charge in [0, 0.05) is 72.6 Å². The quantitative estimate of drug-likeness (QED) is 0.0410. The van der Waals surface area contributed by atoms with Crippen molar-refractivity contribution in [1.29, 1.82) is 0 Å². The molecule has 2 unspecified atom stereocenters. The van der Waals surface area contributed by atoms with Gasteiger partial charge in [-0.15, -0.1) is 5.06 Å². The molecular formula is C31H54N8O13. The van der Waals surface area contributed by atoms with Crippen molar-refractivity contribution in [3.8, 4) is 0 Å². The third kappa shape index (κ3) is 25.7. The average molecular weight is 747 g/mol. The molecule has 2 atom stereocenters. The lowest BCUT2D eigenvalue weighted by molar-refractivity contribution is -0.197. The van der Waals surface area contributed by atoms with Crippen LogP contribution in [0.4, 0.5) is 0 Å². The molecule has 1 saturated heterocycles. The highest BCUT2D eigenvalue weighted by Gasteiger charge is 2.32. The summed E-state index contributed by atoms with van der Waals surface area (Å²) in [5.41, 5.74) is 10.4.